The quantitative estimate of drug-likeness (QED) is 0.521. The van der Waals surface area contributed by atoms with Crippen LogP contribution in [0.5, 0.6) is 5.75 Å². The Morgan fingerprint density at radius 2 is 2.05 bits per heavy atom. The highest BCUT2D eigenvalue weighted by atomic mass is 16.5. The van der Waals surface area contributed by atoms with Gasteiger partial charge in [0.2, 0.25) is 0 Å². The molecule has 0 spiro atoms. The predicted octanol–water partition coefficient (Wildman–Crippen LogP) is 2.51. The predicted molar refractivity (Wildman–Crippen MR) is 72.7 cm³/mol. The first-order chi connectivity index (χ1) is 9.10. The zero-order valence-corrected chi connectivity index (χ0v) is 11.3. The van der Waals surface area contributed by atoms with Crippen LogP contribution in [0.15, 0.2) is 35.5 Å². The van der Waals surface area contributed by atoms with Gasteiger partial charge >= 0.3 is 0 Å². The van der Waals surface area contributed by atoms with Gasteiger partial charge in [0, 0.05) is 7.05 Å². The van der Waals surface area contributed by atoms with Gasteiger partial charge in [-0.25, -0.2) is 0 Å². The van der Waals surface area contributed by atoms with Gasteiger partial charge in [-0.15, -0.1) is 0 Å². The molecule has 0 saturated heterocycles. The zero-order chi connectivity index (χ0) is 13.8. The average Bonchev–Trinajstić information content (AvgIpc) is 2.74. The van der Waals surface area contributed by atoms with Crippen molar-refractivity contribution < 1.29 is 9.94 Å². The van der Waals surface area contributed by atoms with Crippen molar-refractivity contribution in [2.45, 2.75) is 20.5 Å². The molecule has 0 fully saturated rings. The fraction of sp³-hybridized carbons (Fsp3) is 0.286. The molecule has 1 N–H and O–H groups in total. The number of nitrogens with zero attached hydrogens (tertiary/aromatic N) is 3. The van der Waals surface area contributed by atoms with E-state index in [1.165, 1.54) is 0 Å². The molecule has 2 rings (SSSR count). The second kappa shape index (κ2) is 5.56. The van der Waals surface area contributed by atoms with E-state index >= 15 is 0 Å². The zero-order valence-electron chi connectivity index (χ0n) is 11.3. The third-order valence-electron chi connectivity index (χ3n) is 2.91. The molecule has 0 atom stereocenters. The lowest BCUT2D eigenvalue weighted by molar-refractivity contribution is 0.295. The van der Waals surface area contributed by atoms with Crippen LogP contribution in [0, 0.1) is 6.92 Å². The van der Waals surface area contributed by atoms with Crippen molar-refractivity contribution in [3.8, 4) is 5.75 Å². The van der Waals surface area contributed by atoms with E-state index in [-0.39, 0.29) is 0 Å². The Morgan fingerprint density at radius 3 is 2.58 bits per heavy atom. The average molecular weight is 259 g/mol. The summed E-state index contributed by atoms with van der Waals surface area (Å²) < 4.78 is 7.50. The van der Waals surface area contributed by atoms with Gasteiger partial charge in [-0.2, -0.15) is 5.10 Å². The van der Waals surface area contributed by atoms with Crippen LogP contribution in [0.2, 0.25) is 0 Å². The molecule has 0 aliphatic rings. The summed E-state index contributed by atoms with van der Waals surface area (Å²) >= 11 is 0. The topological polar surface area (TPSA) is 59.6 Å². The molecular formula is C14H17N3O2. The molecule has 5 nitrogen and oxygen atoms in total. The molecule has 1 aromatic carbocycles. The minimum atomic E-state index is 0.476. The van der Waals surface area contributed by atoms with Gasteiger partial charge < -0.3 is 9.94 Å². The molecule has 5 heteroatoms. The Balaban J connectivity index is 2.02. The normalized spacial score (nSPS) is 11.6. The molecule has 100 valence electrons. The standard InChI is InChI=1S/C14H17N3O2/c1-10-8-13(17(3)15-10)9-19-14-6-4-12(5-7-14)11(2)16-18/h4-8,18H,9H2,1-3H3. The molecule has 19 heavy (non-hydrogen) atoms. The molecule has 0 amide bonds. The van der Waals surface area contributed by atoms with Crippen LogP contribution < -0.4 is 4.74 Å². The Morgan fingerprint density at radius 1 is 1.37 bits per heavy atom. The van der Waals surface area contributed by atoms with Crippen LogP contribution in [-0.4, -0.2) is 20.7 Å². The minimum Gasteiger partial charge on any atom is -0.487 e. The summed E-state index contributed by atoms with van der Waals surface area (Å²) in [5, 5.41) is 16.1. The van der Waals surface area contributed by atoms with Crippen molar-refractivity contribution in [2.75, 3.05) is 0 Å². The first kappa shape index (κ1) is 13.1. The fourth-order valence-corrected chi connectivity index (χ4v) is 1.81. The number of ether oxygens (including phenoxy) is 1. The number of hydrogen-bond acceptors (Lipinski definition) is 4. The summed E-state index contributed by atoms with van der Waals surface area (Å²) in [5.74, 6) is 0.772. The number of benzene rings is 1. The molecular weight excluding hydrogens is 242 g/mol. The highest BCUT2D eigenvalue weighted by Gasteiger charge is 2.03. The van der Waals surface area contributed by atoms with Crippen LogP contribution in [-0.2, 0) is 13.7 Å². The minimum absolute atomic E-state index is 0.476. The Labute approximate surface area is 112 Å². The Hall–Kier alpha value is -2.30. The third-order valence-corrected chi connectivity index (χ3v) is 2.91. The maximum absolute atomic E-state index is 8.69. The van der Waals surface area contributed by atoms with E-state index in [9.17, 15) is 0 Å². The number of rotatable bonds is 4. The van der Waals surface area contributed by atoms with Crippen molar-refractivity contribution in [2.24, 2.45) is 12.2 Å². The second-order valence-electron chi connectivity index (χ2n) is 4.40. The Kier molecular flexibility index (Phi) is 3.85. The van der Waals surface area contributed by atoms with Gasteiger partial charge in [0.25, 0.3) is 0 Å². The summed E-state index contributed by atoms with van der Waals surface area (Å²) in [5.41, 5.74) is 3.45. The van der Waals surface area contributed by atoms with Gasteiger partial charge in [-0.3, -0.25) is 4.68 Å². The van der Waals surface area contributed by atoms with Crippen LogP contribution in [0.4, 0.5) is 0 Å². The maximum atomic E-state index is 8.69. The van der Waals surface area contributed by atoms with Crippen molar-refractivity contribution >= 4 is 5.71 Å². The van der Waals surface area contributed by atoms with Crippen LogP contribution in [0.1, 0.15) is 23.9 Å². The van der Waals surface area contributed by atoms with Gasteiger partial charge in [0.1, 0.15) is 12.4 Å². The lowest BCUT2D eigenvalue weighted by Crippen LogP contribution is -2.03. The largest absolute Gasteiger partial charge is 0.487 e. The number of oxime groups is 1. The molecule has 0 unspecified atom stereocenters. The molecule has 1 aromatic heterocycles. The van der Waals surface area contributed by atoms with Crippen LogP contribution >= 0.6 is 0 Å². The third kappa shape index (κ3) is 3.13. The van der Waals surface area contributed by atoms with Crippen molar-refractivity contribution in [1.29, 1.82) is 0 Å². The second-order valence-corrected chi connectivity index (χ2v) is 4.40. The smallest absolute Gasteiger partial charge is 0.130 e. The van der Waals surface area contributed by atoms with E-state index in [1.54, 1.807) is 6.92 Å². The summed E-state index contributed by atoms with van der Waals surface area (Å²) in [6.45, 7) is 4.17. The van der Waals surface area contributed by atoms with Gasteiger partial charge in [-0.1, -0.05) is 5.16 Å². The monoisotopic (exact) mass is 259 g/mol. The van der Waals surface area contributed by atoms with E-state index < -0.39 is 0 Å². The summed E-state index contributed by atoms with van der Waals surface area (Å²) in [6.07, 6.45) is 0. The van der Waals surface area contributed by atoms with Crippen molar-refractivity contribution in [3.05, 3.63) is 47.3 Å². The summed E-state index contributed by atoms with van der Waals surface area (Å²) in [7, 11) is 1.90. The molecule has 0 bridgehead atoms. The molecule has 0 radical (unpaired) electrons. The SMILES string of the molecule is CC(=NO)c1ccc(OCc2cc(C)nn2C)cc1. The molecule has 0 saturated carbocycles. The van der Waals surface area contributed by atoms with Crippen LogP contribution in [0.3, 0.4) is 0 Å². The number of aromatic nitrogens is 2. The van der Waals surface area contributed by atoms with E-state index in [4.69, 9.17) is 9.94 Å². The highest BCUT2D eigenvalue weighted by molar-refractivity contribution is 5.98. The first-order valence-corrected chi connectivity index (χ1v) is 6.01. The lowest BCUT2D eigenvalue weighted by atomic mass is 10.1. The number of aryl methyl sites for hydroxylation is 2. The van der Waals surface area contributed by atoms with E-state index in [0.717, 1.165) is 22.7 Å². The van der Waals surface area contributed by atoms with Crippen molar-refractivity contribution in [1.82, 2.24) is 9.78 Å². The summed E-state index contributed by atoms with van der Waals surface area (Å²) in [6, 6.07) is 9.43. The summed E-state index contributed by atoms with van der Waals surface area (Å²) in [4.78, 5) is 0. The highest BCUT2D eigenvalue weighted by Crippen LogP contribution is 2.15. The van der Waals surface area contributed by atoms with E-state index in [0.29, 0.717) is 12.3 Å². The van der Waals surface area contributed by atoms with Gasteiger partial charge in [-0.05, 0) is 49.7 Å². The van der Waals surface area contributed by atoms with Crippen LogP contribution in [0.25, 0.3) is 0 Å². The van der Waals surface area contributed by atoms with E-state index in [2.05, 4.69) is 10.3 Å². The maximum Gasteiger partial charge on any atom is 0.130 e. The number of hydrogen-bond donors (Lipinski definition) is 1. The fourth-order valence-electron chi connectivity index (χ4n) is 1.81. The molecule has 1 heterocycles. The van der Waals surface area contributed by atoms with Gasteiger partial charge in [0.05, 0.1) is 17.1 Å². The van der Waals surface area contributed by atoms with E-state index in [1.807, 2.05) is 49.0 Å². The molecule has 2 aromatic rings. The van der Waals surface area contributed by atoms with Gasteiger partial charge in [0.15, 0.2) is 0 Å². The Bertz CT molecular complexity index is 585. The first-order valence-electron chi connectivity index (χ1n) is 6.01. The molecule has 0 aliphatic heterocycles. The lowest BCUT2D eigenvalue weighted by Gasteiger charge is -2.07. The molecule has 0 aliphatic carbocycles. The van der Waals surface area contributed by atoms with Crippen molar-refractivity contribution in [3.63, 3.8) is 0 Å².